The van der Waals surface area contributed by atoms with Crippen LogP contribution >= 0.6 is 12.4 Å². The zero-order chi connectivity index (χ0) is 10.7. The first-order valence-corrected chi connectivity index (χ1v) is 6.32. The van der Waals surface area contributed by atoms with Gasteiger partial charge in [0, 0.05) is 19.6 Å². The Morgan fingerprint density at radius 3 is 2.25 bits per heavy atom. The summed E-state index contributed by atoms with van der Waals surface area (Å²) in [5, 5.41) is 3.43. The van der Waals surface area contributed by atoms with Gasteiger partial charge in [0.2, 0.25) is 0 Å². The molecule has 0 aromatic rings. The Bertz CT molecular complexity index is 187. The summed E-state index contributed by atoms with van der Waals surface area (Å²) in [5.41, 5.74) is 0. The highest BCUT2D eigenvalue weighted by Gasteiger charge is 2.24. The molecule has 3 nitrogen and oxygen atoms in total. The van der Waals surface area contributed by atoms with Crippen molar-refractivity contribution in [3.8, 4) is 0 Å². The van der Waals surface area contributed by atoms with Gasteiger partial charge in [-0.15, -0.1) is 12.4 Å². The molecule has 2 heterocycles. The largest absolute Gasteiger partial charge is 0.373 e. The van der Waals surface area contributed by atoms with Crippen LogP contribution in [0.4, 0.5) is 0 Å². The van der Waals surface area contributed by atoms with Gasteiger partial charge in [0.25, 0.3) is 0 Å². The first-order valence-electron chi connectivity index (χ1n) is 6.32. The van der Waals surface area contributed by atoms with Gasteiger partial charge in [0.1, 0.15) is 0 Å². The van der Waals surface area contributed by atoms with Gasteiger partial charge in [-0.05, 0) is 45.7 Å². The quantitative estimate of drug-likeness (QED) is 0.802. The zero-order valence-electron chi connectivity index (χ0n) is 10.4. The van der Waals surface area contributed by atoms with Crippen molar-refractivity contribution in [2.45, 2.75) is 38.9 Å². The monoisotopic (exact) mass is 248 g/mol. The van der Waals surface area contributed by atoms with E-state index < -0.39 is 0 Å². The Morgan fingerprint density at radius 1 is 1.12 bits per heavy atom. The van der Waals surface area contributed by atoms with Crippen molar-refractivity contribution in [2.75, 3.05) is 32.7 Å². The molecule has 0 aromatic heterocycles. The van der Waals surface area contributed by atoms with Crippen LogP contribution in [0.25, 0.3) is 0 Å². The van der Waals surface area contributed by atoms with Crippen molar-refractivity contribution in [1.29, 1.82) is 0 Å². The van der Waals surface area contributed by atoms with Gasteiger partial charge in [-0.2, -0.15) is 0 Å². The molecule has 1 N–H and O–H groups in total. The third kappa shape index (κ3) is 4.21. The Kier molecular flexibility index (Phi) is 6.05. The van der Waals surface area contributed by atoms with Crippen LogP contribution in [0, 0.1) is 5.92 Å². The lowest BCUT2D eigenvalue weighted by Gasteiger charge is -2.38. The summed E-state index contributed by atoms with van der Waals surface area (Å²) in [4.78, 5) is 2.59. The topological polar surface area (TPSA) is 24.5 Å². The van der Waals surface area contributed by atoms with E-state index in [1.54, 1.807) is 0 Å². The van der Waals surface area contributed by atoms with E-state index >= 15 is 0 Å². The third-order valence-corrected chi connectivity index (χ3v) is 3.47. The summed E-state index contributed by atoms with van der Waals surface area (Å²) >= 11 is 0. The lowest BCUT2D eigenvalue weighted by Crippen LogP contribution is -2.48. The minimum absolute atomic E-state index is 0. The normalized spacial score (nSPS) is 33.4. The van der Waals surface area contributed by atoms with Crippen molar-refractivity contribution >= 4 is 12.4 Å². The molecule has 0 radical (unpaired) electrons. The Hall–Kier alpha value is 0.170. The van der Waals surface area contributed by atoms with E-state index in [-0.39, 0.29) is 12.4 Å². The van der Waals surface area contributed by atoms with Crippen LogP contribution in [-0.2, 0) is 4.74 Å². The van der Waals surface area contributed by atoms with Gasteiger partial charge in [-0.3, -0.25) is 4.90 Å². The molecule has 0 bridgehead atoms. The molecule has 2 atom stereocenters. The summed E-state index contributed by atoms with van der Waals surface area (Å²) in [6.45, 7) is 10.3. The van der Waals surface area contributed by atoms with Crippen molar-refractivity contribution < 1.29 is 4.74 Å². The number of nitrogens with zero attached hydrogens (tertiary/aromatic N) is 1. The zero-order valence-corrected chi connectivity index (χ0v) is 11.3. The number of halogens is 1. The summed E-state index contributed by atoms with van der Waals surface area (Å²) < 4.78 is 5.75. The van der Waals surface area contributed by atoms with Gasteiger partial charge in [0.15, 0.2) is 0 Å². The number of morpholine rings is 1. The number of hydrogen-bond acceptors (Lipinski definition) is 3. The van der Waals surface area contributed by atoms with E-state index in [9.17, 15) is 0 Å². The molecule has 4 heteroatoms. The molecule has 0 spiro atoms. The van der Waals surface area contributed by atoms with Gasteiger partial charge in [-0.1, -0.05) is 0 Å². The second kappa shape index (κ2) is 6.80. The number of piperidine rings is 1. The molecule has 0 amide bonds. The molecule has 2 unspecified atom stereocenters. The van der Waals surface area contributed by atoms with E-state index in [0.717, 1.165) is 19.0 Å². The molecule has 2 fully saturated rings. The highest BCUT2D eigenvalue weighted by molar-refractivity contribution is 5.85. The summed E-state index contributed by atoms with van der Waals surface area (Å²) in [6.07, 6.45) is 3.52. The summed E-state index contributed by atoms with van der Waals surface area (Å²) in [6, 6.07) is 0. The molecule has 2 aliphatic heterocycles. The van der Waals surface area contributed by atoms with E-state index in [2.05, 4.69) is 24.1 Å². The maximum absolute atomic E-state index is 5.75. The van der Waals surface area contributed by atoms with Crippen LogP contribution in [0.1, 0.15) is 26.7 Å². The van der Waals surface area contributed by atoms with Gasteiger partial charge in [-0.25, -0.2) is 0 Å². The minimum Gasteiger partial charge on any atom is -0.373 e. The standard InChI is InChI=1S/C12H24N2O.ClH/c1-10-7-14(8-11(2)15-10)9-12-3-5-13-6-4-12;/h10-13H,3-9H2,1-2H3;1H. The fourth-order valence-corrected chi connectivity index (χ4v) is 2.86. The number of rotatable bonds is 2. The minimum atomic E-state index is 0. The van der Waals surface area contributed by atoms with Crippen molar-refractivity contribution in [2.24, 2.45) is 5.92 Å². The molecular weight excluding hydrogens is 224 g/mol. The Balaban J connectivity index is 0.00000128. The number of hydrogen-bond donors (Lipinski definition) is 1. The smallest absolute Gasteiger partial charge is 0.0678 e. The van der Waals surface area contributed by atoms with Crippen LogP contribution in [0.3, 0.4) is 0 Å². The second-order valence-electron chi connectivity index (χ2n) is 5.17. The second-order valence-corrected chi connectivity index (χ2v) is 5.17. The predicted molar refractivity (Wildman–Crippen MR) is 69.3 cm³/mol. The number of nitrogens with one attached hydrogen (secondary N) is 1. The van der Waals surface area contributed by atoms with E-state index in [0.29, 0.717) is 12.2 Å². The van der Waals surface area contributed by atoms with E-state index in [4.69, 9.17) is 4.74 Å². The maximum atomic E-state index is 5.75. The van der Waals surface area contributed by atoms with Crippen molar-refractivity contribution in [1.82, 2.24) is 10.2 Å². The SMILES string of the molecule is CC1CN(CC2CCNCC2)CC(C)O1.Cl. The molecule has 96 valence electrons. The first kappa shape index (κ1) is 14.2. The van der Waals surface area contributed by atoms with Crippen LogP contribution in [0.15, 0.2) is 0 Å². The fourth-order valence-electron chi connectivity index (χ4n) is 2.86. The van der Waals surface area contributed by atoms with Gasteiger partial charge < -0.3 is 10.1 Å². The highest BCUT2D eigenvalue weighted by Crippen LogP contribution is 2.17. The van der Waals surface area contributed by atoms with Crippen LogP contribution < -0.4 is 5.32 Å². The lowest BCUT2D eigenvalue weighted by atomic mass is 9.97. The van der Waals surface area contributed by atoms with Crippen molar-refractivity contribution in [3.63, 3.8) is 0 Å². The lowest BCUT2D eigenvalue weighted by molar-refractivity contribution is -0.0722. The molecule has 2 rings (SSSR count). The van der Waals surface area contributed by atoms with Crippen molar-refractivity contribution in [3.05, 3.63) is 0 Å². The van der Waals surface area contributed by atoms with Crippen LogP contribution in [0.2, 0.25) is 0 Å². The molecule has 0 saturated carbocycles. The summed E-state index contributed by atoms with van der Waals surface area (Å²) in [7, 11) is 0. The van der Waals surface area contributed by atoms with Gasteiger partial charge >= 0.3 is 0 Å². The summed E-state index contributed by atoms with van der Waals surface area (Å²) in [5.74, 6) is 0.906. The average Bonchev–Trinajstić information content (AvgIpc) is 2.17. The first-order chi connectivity index (χ1) is 7.24. The molecule has 0 aromatic carbocycles. The highest BCUT2D eigenvalue weighted by atomic mass is 35.5. The molecule has 16 heavy (non-hydrogen) atoms. The predicted octanol–water partition coefficient (Wildman–Crippen LogP) is 1.52. The molecule has 0 aliphatic carbocycles. The van der Waals surface area contributed by atoms with Crippen LogP contribution in [0.5, 0.6) is 0 Å². The Labute approximate surface area is 105 Å². The molecule has 2 saturated heterocycles. The van der Waals surface area contributed by atoms with Crippen LogP contribution in [-0.4, -0.2) is 49.8 Å². The average molecular weight is 249 g/mol. The van der Waals surface area contributed by atoms with E-state index in [1.165, 1.54) is 32.5 Å². The molecular formula is C12H25ClN2O. The maximum Gasteiger partial charge on any atom is 0.0678 e. The van der Waals surface area contributed by atoms with E-state index in [1.807, 2.05) is 0 Å². The number of ether oxygens (including phenoxy) is 1. The fraction of sp³-hybridized carbons (Fsp3) is 1.00. The Morgan fingerprint density at radius 2 is 1.69 bits per heavy atom. The molecule has 2 aliphatic rings. The third-order valence-electron chi connectivity index (χ3n) is 3.47. The van der Waals surface area contributed by atoms with Gasteiger partial charge in [0.05, 0.1) is 12.2 Å².